The third-order valence-corrected chi connectivity index (χ3v) is 4.63. The molecule has 4 aromatic rings. The predicted molar refractivity (Wildman–Crippen MR) is 107 cm³/mol. The van der Waals surface area contributed by atoms with Crippen LogP contribution in [0.3, 0.4) is 0 Å². The van der Waals surface area contributed by atoms with E-state index in [-0.39, 0.29) is 11.5 Å². The predicted octanol–water partition coefficient (Wildman–Crippen LogP) is 4.32. The monoisotopic (exact) mass is 397 g/mol. The van der Waals surface area contributed by atoms with Crippen molar-refractivity contribution in [1.82, 2.24) is 29.7 Å². The van der Waals surface area contributed by atoms with E-state index in [0.717, 1.165) is 5.56 Å². The van der Waals surface area contributed by atoms with Crippen molar-refractivity contribution in [3.05, 3.63) is 53.3 Å². The first-order valence-electron chi connectivity index (χ1n) is 8.87. The lowest BCUT2D eigenvalue weighted by atomic mass is 9.87. The van der Waals surface area contributed by atoms with Crippen LogP contribution in [0.15, 0.2) is 41.3 Å². The number of nitrogens with zero attached hydrogens (tertiary/aromatic N) is 6. The highest BCUT2D eigenvalue weighted by molar-refractivity contribution is 6.34. The fourth-order valence-electron chi connectivity index (χ4n) is 2.84. The number of hydrogen-bond acceptors (Lipinski definition) is 7. The lowest BCUT2D eigenvalue weighted by Gasteiger charge is -2.18. The maximum atomic E-state index is 6.42. The average Bonchev–Trinajstić information content (AvgIpc) is 3.28. The molecule has 4 rings (SSSR count). The van der Waals surface area contributed by atoms with Gasteiger partial charge in [0, 0.05) is 12.4 Å². The Hall–Kier alpha value is -3.00. The zero-order valence-corrected chi connectivity index (χ0v) is 16.8. The van der Waals surface area contributed by atoms with Gasteiger partial charge < -0.3 is 9.73 Å². The molecule has 0 amide bonds. The Kier molecular flexibility index (Phi) is 4.50. The summed E-state index contributed by atoms with van der Waals surface area (Å²) in [5, 5.41) is 7.97. The molecule has 0 aliphatic rings. The van der Waals surface area contributed by atoms with E-state index < -0.39 is 0 Å². The van der Waals surface area contributed by atoms with E-state index in [4.69, 9.17) is 16.0 Å². The molecule has 1 N–H and O–H groups in total. The molecule has 3 heterocycles. The summed E-state index contributed by atoms with van der Waals surface area (Å²) in [7, 11) is 0. The molecular weight excluding hydrogens is 378 g/mol. The van der Waals surface area contributed by atoms with Crippen molar-refractivity contribution < 1.29 is 4.42 Å². The second kappa shape index (κ2) is 6.87. The van der Waals surface area contributed by atoms with Crippen molar-refractivity contribution in [3.63, 3.8) is 0 Å². The molecule has 0 radical (unpaired) electrons. The molecule has 8 nitrogen and oxygen atoms in total. The number of fused-ring (bicyclic) bond motifs is 1. The lowest BCUT2D eigenvalue weighted by molar-refractivity contribution is 0.587. The van der Waals surface area contributed by atoms with Gasteiger partial charge in [-0.15, -0.1) is 0 Å². The first kappa shape index (κ1) is 18.4. The molecular formula is C19H20ClN7O. The van der Waals surface area contributed by atoms with E-state index in [0.29, 0.717) is 33.9 Å². The van der Waals surface area contributed by atoms with Gasteiger partial charge in [-0.3, -0.25) is 0 Å². The second-order valence-electron chi connectivity index (χ2n) is 7.52. The number of nitrogens with one attached hydrogen (secondary N) is 1. The molecule has 28 heavy (non-hydrogen) atoms. The van der Waals surface area contributed by atoms with E-state index in [1.165, 1.54) is 6.33 Å². The SMILES string of the molecule is C[C@H](Nc1nc2cc(C(C)(C)C)cc(Cl)c2o1)c1ncnn1-c1ncccn1. The third kappa shape index (κ3) is 3.43. The van der Waals surface area contributed by atoms with Crippen LogP contribution >= 0.6 is 11.6 Å². The van der Waals surface area contributed by atoms with Crippen LogP contribution in [0.2, 0.25) is 5.02 Å². The largest absolute Gasteiger partial charge is 0.422 e. The number of oxazole rings is 1. The van der Waals surface area contributed by atoms with Crippen LogP contribution in [0.25, 0.3) is 17.0 Å². The van der Waals surface area contributed by atoms with Gasteiger partial charge >= 0.3 is 0 Å². The van der Waals surface area contributed by atoms with E-state index in [9.17, 15) is 0 Å². The molecule has 9 heteroatoms. The Labute approximate surface area is 167 Å². The van der Waals surface area contributed by atoms with E-state index in [1.54, 1.807) is 23.1 Å². The molecule has 0 aliphatic carbocycles. The number of rotatable bonds is 4. The highest BCUT2D eigenvalue weighted by Crippen LogP contribution is 2.33. The summed E-state index contributed by atoms with van der Waals surface area (Å²) in [6.07, 6.45) is 4.77. The Balaban J connectivity index is 1.64. The Morgan fingerprint density at radius 1 is 1.14 bits per heavy atom. The van der Waals surface area contributed by atoms with Crippen LogP contribution in [-0.2, 0) is 5.41 Å². The Morgan fingerprint density at radius 2 is 1.89 bits per heavy atom. The molecule has 0 aliphatic heterocycles. The first-order chi connectivity index (χ1) is 13.3. The van der Waals surface area contributed by atoms with Gasteiger partial charge in [0.1, 0.15) is 11.8 Å². The summed E-state index contributed by atoms with van der Waals surface area (Å²) >= 11 is 6.42. The summed E-state index contributed by atoms with van der Waals surface area (Å²) in [6.45, 7) is 8.32. The fourth-order valence-corrected chi connectivity index (χ4v) is 3.09. The maximum absolute atomic E-state index is 6.42. The van der Waals surface area contributed by atoms with Gasteiger partial charge in [-0.1, -0.05) is 32.4 Å². The number of hydrogen-bond donors (Lipinski definition) is 1. The van der Waals surface area contributed by atoms with Crippen molar-refractivity contribution in [2.75, 3.05) is 5.32 Å². The Morgan fingerprint density at radius 3 is 2.61 bits per heavy atom. The third-order valence-electron chi connectivity index (χ3n) is 4.35. The minimum absolute atomic E-state index is 0.0379. The summed E-state index contributed by atoms with van der Waals surface area (Å²) in [5.74, 6) is 1.08. The summed E-state index contributed by atoms with van der Waals surface area (Å²) in [5.41, 5.74) is 2.32. The highest BCUT2D eigenvalue weighted by atomic mass is 35.5. The standard InChI is InChI=1S/C19H20ClN7O/c1-11(16-23-10-24-27(16)17-21-6-5-7-22-17)25-18-26-14-9-12(19(2,3)4)8-13(20)15(14)28-18/h5-11H,1-4H3,(H,25,26)/t11-/m0/s1. The quantitative estimate of drug-likeness (QED) is 0.547. The molecule has 0 saturated carbocycles. The van der Waals surface area contributed by atoms with Crippen molar-refractivity contribution >= 4 is 28.7 Å². The van der Waals surface area contributed by atoms with Gasteiger partial charge in [0.15, 0.2) is 11.4 Å². The topological polar surface area (TPSA) is 94.6 Å². The van der Waals surface area contributed by atoms with Crippen molar-refractivity contribution in [2.24, 2.45) is 0 Å². The fraction of sp³-hybridized carbons (Fsp3) is 0.316. The molecule has 1 atom stereocenters. The number of aromatic nitrogens is 6. The molecule has 0 unspecified atom stereocenters. The molecule has 0 saturated heterocycles. The Bertz CT molecular complexity index is 1110. The zero-order valence-electron chi connectivity index (χ0n) is 16.0. The van der Waals surface area contributed by atoms with Gasteiger partial charge in [0.05, 0.1) is 11.1 Å². The second-order valence-corrected chi connectivity index (χ2v) is 7.93. The number of halogens is 1. The van der Waals surface area contributed by atoms with Crippen LogP contribution in [0.4, 0.5) is 6.01 Å². The van der Waals surface area contributed by atoms with E-state index in [2.05, 4.69) is 51.1 Å². The maximum Gasteiger partial charge on any atom is 0.296 e. The minimum atomic E-state index is -0.250. The van der Waals surface area contributed by atoms with Crippen LogP contribution in [0.5, 0.6) is 0 Å². The first-order valence-corrected chi connectivity index (χ1v) is 9.25. The number of benzene rings is 1. The van der Waals surface area contributed by atoms with Gasteiger partial charge in [0.2, 0.25) is 0 Å². The van der Waals surface area contributed by atoms with Crippen molar-refractivity contribution in [3.8, 4) is 5.95 Å². The van der Waals surface area contributed by atoms with Crippen LogP contribution in [0.1, 0.15) is 45.1 Å². The van der Waals surface area contributed by atoms with Crippen molar-refractivity contribution in [2.45, 2.75) is 39.2 Å². The molecule has 144 valence electrons. The average molecular weight is 398 g/mol. The molecule has 1 aromatic carbocycles. The normalized spacial score (nSPS) is 13.0. The lowest BCUT2D eigenvalue weighted by Crippen LogP contribution is -2.15. The van der Waals surface area contributed by atoms with Crippen LogP contribution in [0, 0.1) is 0 Å². The molecule has 0 spiro atoms. The zero-order chi connectivity index (χ0) is 19.9. The summed E-state index contributed by atoms with van der Waals surface area (Å²) < 4.78 is 7.41. The van der Waals surface area contributed by atoms with E-state index >= 15 is 0 Å². The van der Waals surface area contributed by atoms with Gasteiger partial charge in [0.25, 0.3) is 12.0 Å². The molecule has 0 bridgehead atoms. The van der Waals surface area contributed by atoms with Crippen LogP contribution < -0.4 is 5.32 Å². The molecule has 3 aromatic heterocycles. The van der Waals surface area contributed by atoms with Crippen LogP contribution in [-0.4, -0.2) is 29.7 Å². The minimum Gasteiger partial charge on any atom is -0.422 e. The molecule has 0 fully saturated rings. The van der Waals surface area contributed by atoms with Gasteiger partial charge in [-0.25, -0.2) is 15.0 Å². The van der Waals surface area contributed by atoms with Crippen molar-refractivity contribution in [1.29, 1.82) is 0 Å². The van der Waals surface area contributed by atoms with E-state index in [1.807, 2.05) is 19.1 Å². The smallest absolute Gasteiger partial charge is 0.296 e. The highest BCUT2D eigenvalue weighted by Gasteiger charge is 2.21. The summed E-state index contributed by atoms with van der Waals surface area (Å²) in [4.78, 5) is 17.3. The van der Waals surface area contributed by atoms with Gasteiger partial charge in [-0.2, -0.15) is 14.8 Å². The summed E-state index contributed by atoms with van der Waals surface area (Å²) in [6, 6.07) is 5.78. The number of anilines is 1. The van der Waals surface area contributed by atoms with Gasteiger partial charge in [-0.05, 0) is 36.1 Å².